The van der Waals surface area contributed by atoms with Gasteiger partial charge in [0, 0.05) is 53.7 Å². The Kier molecular flexibility index (Phi) is 55.9. The summed E-state index contributed by atoms with van der Waals surface area (Å²) < 4.78 is 64.1. The summed E-state index contributed by atoms with van der Waals surface area (Å²) in [5, 5.41) is 0. The molecule has 19 heteroatoms. The first-order chi connectivity index (χ1) is 36.9. The summed E-state index contributed by atoms with van der Waals surface area (Å²) in [6.45, 7) is 15.9. The van der Waals surface area contributed by atoms with Crippen LogP contribution in [0, 0.1) is 0 Å². The Morgan fingerprint density at radius 3 is 0.632 bits per heavy atom. The van der Waals surface area contributed by atoms with Crippen molar-refractivity contribution in [2.75, 3.05) is 93.1 Å². The molecule has 0 aromatic rings. The number of hydrogen-bond donors (Lipinski definition) is 0. The maximum atomic E-state index is 7.76. The van der Waals surface area contributed by atoms with Gasteiger partial charge in [0.2, 0.25) is 0 Å². The summed E-state index contributed by atoms with van der Waals surface area (Å²) >= 11 is 10.1. The summed E-state index contributed by atoms with van der Waals surface area (Å²) in [6.07, 6.45) is 39.0. The number of thioether (sulfide) groups is 5. The first-order valence-electron chi connectivity index (χ1n) is 31.4. The Morgan fingerprint density at radius 2 is 0.421 bits per heavy atom. The van der Waals surface area contributed by atoms with E-state index >= 15 is 0 Å². The predicted molar refractivity (Wildman–Crippen MR) is 357 cm³/mol. The van der Waals surface area contributed by atoms with Crippen molar-refractivity contribution in [1.82, 2.24) is 0 Å². The molecule has 0 rings (SSSR count). The van der Waals surface area contributed by atoms with Crippen LogP contribution in [0.3, 0.4) is 0 Å². The molecule has 5 atom stereocenters. The van der Waals surface area contributed by atoms with Crippen LogP contribution in [0.4, 0.5) is 0 Å². The van der Waals surface area contributed by atoms with Gasteiger partial charge in [0.15, 0.2) is 0 Å². The van der Waals surface area contributed by atoms with Crippen molar-refractivity contribution >= 4 is 102 Å². The molecule has 0 fully saturated rings. The third kappa shape index (κ3) is 42.3. The standard InChI is InChI=1S/C57H126O9S5Si5/c1-13-18-23-28-33-38-43-67-48-53-72(11,58-6)63-74(60-8,55-50-69-45-40-35-30-25-20-15-3)65-76(62-10,57-52-71-47-42-37-32-27-22-17-5)66-75(61-9,56-51-70-46-41-36-31-26-21-16-4)64-73(12,59-7)54-49-68-44-39-34-29-24-19-14-2/h13-57H2,1-12H3/t72-,73+,74?,75?,76?. The Labute approximate surface area is 500 Å². The molecule has 0 aliphatic carbocycles. The van der Waals surface area contributed by atoms with Crippen LogP contribution in [0.2, 0.25) is 43.3 Å². The minimum absolute atomic E-state index is 0.613. The highest BCUT2D eigenvalue weighted by Gasteiger charge is 2.61. The summed E-state index contributed by atoms with van der Waals surface area (Å²) in [7, 11) is -7.34. The van der Waals surface area contributed by atoms with Crippen LogP contribution >= 0.6 is 58.8 Å². The van der Waals surface area contributed by atoms with Crippen LogP contribution in [-0.4, -0.2) is 137 Å². The highest BCUT2D eigenvalue weighted by atomic mass is 32.2. The monoisotopic (exact) mass is 1250 g/mol. The second kappa shape index (κ2) is 54.1. The Balaban J connectivity index is 7.13. The highest BCUT2D eigenvalue weighted by Crippen LogP contribution is 2.37. The SMILES string of the molecule is CCCCCCCCSCC[Si](OC)(O[Si](CCSCCCCCCCC)(OC)O[Si@@](C)(CCSCCCCCCCC)OC)O[Si](CCSCCCCCCCC)(OC)O[Si@](C)(CCSCCCCCCCC)OC. The van der Waals surface area contributed by atoms with E-state index < -0.39 is 43.5 Å². The molecular formula is C57H126O9S5Si5. The average molecular weight is 1260 g/mol. The lowest BCUT2D eigenvalue weighted by atomic mass is 10.1. The van der Waals surface area contributed by atoms with E-state index in [0.717, 1.165) is 58.1 Å². The van der Waals surface area contributed by atoms with Crippen molar-refractivity contribution in [2.45, 2.75) is 271 Å². The molecule has 0 saturated heterocycles. The van der Waals surface area contributed by atoms with Gasteiger partial charge in [0.25, 0.3) is 0 Å². The Bertz CT molecular complexity index is 1170. The highest BCUT2D eigenvalue weighted by molar-refractivity contribution is 8.00. The van der Waals surface area contributed by atoms with Gasteiger partial charge < -0.3 is 38.6 Å². The molecule has 0 amide bonds. The lowest BCUT2D eigenvalue weighted by molar-refractivity contribution is 0.0839. The second-order valence-corrected chi connectivity index (χ2v) is 44.0. The zero-order chi connectivity index (χ0) is 56.2. The van der Waals surface area contributed by atoms with Crippen LogP contribution in [-0.2, 0) is 38.6 Å². The molecule has 0 aliphatic heterocycles. The van der Waals surface area contributed by atoms with Gasteiger partial charge in [-0.1, -0.05) is 195 Å². The Morgan fingerprint density at radius 1 is 0.224 bits per heavy atom. The van der Waals surface area contributed by atoms with Gasteiger partial charge in [-0.2, -0.15) is 58.8 Å². The first-order valence-corrected chi connectivity index (χ1v) is 48.0. The predicted octanol–water partition coefficient (Wildman–Crippen LogP) is 19.7. The van der Waals surface area contributed by atoms with Gasteiger partial charge in [-0.3, -0.25) is 0 Å². The zero-order valence-electron chi connectivity index (χ0n) is 52.0. The van der Waals surface area contributed by atoms with Crippen LogP contribution in [0.1, 0.15) is 227 Å². The lowest BCUT2D eigenvalue weighted by Crippen LogP contribution is -2.67. The fraction of sp³-hybridized carbons (Fsp3) is 1.00. The number of rotatable bonds is 63. The summed E-state index contributed by atoms with van der Waals surface area (Å²) in [6, 6.07) is 3.64. The molecule has 0 saturated carbocycles. The topological polar surface area (TPSA) is 83.1 Å². The van der Waals surface area contributed by atoms with Crippen molar-refractivity contribution in [3.8, 4) is 0 Å². The maximum Gasteiger partial charge on any atom is 0.486 e. The van der Waals surface area contributed by atoms with E-state index in [2.05, 4.69) is 47.7 Å². The molecule has 76 heavy (non-hydrogen) atoms. The van der Waals surface area contributed by atoms with E-state index in [1.807, 2.05) is 73.0 Å². The molecule has 0 aromatic carbocycles. The minimum atomic E-state index is -3.70. The molecule has 458 valence electrons. The molecule has 0 aromatic heterocycles. The van der Waals surface area contributed by atoms with Crippen LogP contribution in [0.15, 0.2) is 0 Å². The molecule has 0 N–H and O–H groups in total. The molecule has 0 aliphatic rings. The number of unbranched alkanes of at least 4 members (excludes halogenated alkanes) is 25. The van der Waals surface area contributed by atoms with Crippen molar-refractivity contribution in [3.63, 3.8) is 0 Å². The minimum Gasteiger partial charge on any atom is -0.398 e. The largest absolute Gasteiger partial charge is 0.486 e. The van der Waals surface area contributed by atoms with E-state index in [9.17, 15) is 0 Å². The van der Waals surface area contributed by atoms with Gasteiger partial charge in [0.05, 0.1) is 0 Å². The number of hydrogen-bond acceptors (Lipinski definition) is 14. The van der Waals surface area contributed by atoms with E-state index in [1.54, 1.807) is 21.3 Å². The molecule has 0 heterocycles. The van der Waals surface area contributed by atoms with Crippen molar-refractivity contribution < 1.29 is 38.6 Å². The summed E-state index contributed by atoms with van der Waals surface area (Å²) in [5.74, 6) is 10.3. The van der Waals surface area contributed by atoms with Gasteiger partial charge >= 0.3 is 43.5 Å². The van der Waals surface area contributed by atoms with Crippen LogP contribution < -0.4 is 0 Å². The molecule has 3 unspecified atom stereocenters. The van der Waals surface area contributed by atoms with Crippen LogP contribution in [0.25, 0.3) is 0 Å². The van der Waals surface area contributed by atoms with Crippen molar-refractivity contribution in [3.05, 3.63) is 0 Å². The first kappa shape index (κ1) is 78.5. The van der Waals surface area contributed by atoms with Crippen molar-refractivity contribution in [1.29, 1.82) is 0 Å². The fourth-order valence-electron chi connectivity index (χ4n) is 8.99. The smallest absolute Gasteiger partial charge is 0.398 e. The zero-order valence-corrected chi connectivity index (χ0v) is 61.1. The lowest BCUT2D eigenvalue weighted by Gasteiger charge is -2.45. The van der Waals surface area contributed by atoms with Gasteiger partial charge in [-0.05, 0) is 115 Å². The third-order valence-corrected chi connectivity index (χ3v) is 41.0. The van der Waals surface area contributed by atoms with E-state index in [1.165, 1.54) is 204 Å². The van der Waals surface area contributed by atoms with Crippen molar-refractivity contribution in [2.24, 2.45) is 0 Å². The quantitative estimate of drug-likeness (QED) is 0.0428. The molecule has 0 bridgehead atoms. The van der Waals surface area contributed by atoms with E-state index in [-0.39, 0.29) is 0 Å². The Hall–Kier alpha value is 2.47. The van der Waals surface area contributed by atoms with Gasteiger partial charge in [0.1, 0.15) is 0 Å². The second-order valence-electron chi connectivity index (χ2n) is 21.4. The molecule has 9 nitrogen and oxygen atoms in total. The van der Waals surface area contributed by atoms with Gasteiger partial charge in [-0.25, -0.2) is 0 Å². The van der Waals surface area contributed by atoms with E-state index in [0.29, 0.717) is 18.1 Å². The van der Waals surface area contributed by atoms with Crippen LogP contribution in [0.5, 0.6) is 0 Å². The molecular weight excluding hydrogens is 1130 g/mol. The van der Waals surface area contributed by atoms with Gasteiger partial charge in [-0.15, -0.1) is 0 Å². The summed E-state index contributed by atoms with van der Waals surface area (Å²) in [5.41, 5.74) is 0. The average Bonchev–Trinajstić information content (AvgIpc) is 3.42. The van der Waals surface area contributed by atoms with E-state index in [4.69, 9.17) is 38.6 Å². The third-order valence-electron chi connectivity index (χ3n) is 14.4. The summed E-state index contributed by atoms with van der Waals surface area (Å²) in [4.78, 5) is 0. The fourth-order valence-corrected chi connectivity index (χ4v) is 38.5. The normalized spacial score (nSPS) is 16.1. The molecule has 0 spiro atoms. The maximum absolute atomic E-state index is 7.76. The molecule has 0 radical (unpaired) electrons.